The standard InChI is InChI=1S/C26H26N8O2/c1-17-4-2-6-20(31-17)25-29-13-10-23(34-25)32-22-9-12-28-24(33-22)14-18-7-8-21(30-15-18)26(35)36-19-5-3-11-27-16-19/h2,4,6-10,12-13,15,19,27H,3,5,11,14,16H2,1H3,(H,28,29,32,33,34)/t19-/m0/s1. The quantitative estimate of drug-likeness (QED) is 0.379. The molecule has 1 saturated heterocycles. The zero-order valence-corrected chi connectivity index (χ0v) is 19.9. The van der Waals surface area contributed by atoms with Gasteiger partial charge in [0.1, 0.15) is 35.0 Å². The molecule has 0 aliphatic carbocycles. The predicted octanol–water partition coefficient (Wildman–Crippen LogP) is 3.28. The molecule has 1 atom stereocenters. The Balaban J connectivity index is 1.23. The van der Waals surface area contributed by atoms with E-state index in [-0.39, 0.29) is 6.10 Å². The van der Waals surface area contributed by atoms with Gasteiger partial charge in [-0.25, -0.2) is 34.7 Å². The number of rotatable bonds is 7. The first-order valence-corrected chi connectivity index (χ1v) is 11.8. The molecule has 2 N–H and O–H groups in total. The molecule has 1 fully saturated rings. The Labute approximate surface area is 208 Å². The number of anilines is 2. The number of aryl methyl sites for hydroxylation is 1. The summed E-state index contributed by atoms with van der Waals surface area (Å²) in [6.45, 7) is 3.58. The minimum atomic E-state index is -0.400. The number of nitrogens with one attached hydrogen (secondary N) is 2. The maximum absolute atomic E-state index is 12.4. The Morgan fingerprint density at radius 1 is 1.03 bits per heavy atom. The summed E-state index contributed by atoms with van der Waals surface area (Å²) in [5.74, 6) is 1.95. The zero-order valence-electron chi connectivity index (χ0n) is 19.9. The molecule has 10 nitrogen and oxygen atoms in total. The summed E-state index contributed by atoms with van der Waals surface area (Å²) in [4.78, 5) is 39.0. The van der Waals surface area contributed by atoms with Crippen LogP contribution in [-0.2, 0) is 11.2 Å². The fourth-order valence-electron chi connectivity index (χ4n) is 3.87. The van der Waals surface area contributed by atoms with Crippen molar-refractivity contribution in [2.45, 2.75) is 32.3 Å². The molecule has 182 valence electrons. The third kappa shape index (κ3) is 6.02. The summed E-state index contributed by atoms with van der Waals surface area (Å²) in [6.07, 6.45) is 7.26. The third-order valence-electron chi connectivity index (χ3n) is 5.66. The van der Waals surface area contributed by atoms with Crippen molar-refractivity contribution in [3.63, 3.8) is 0 Å². The Morgan fingerprint density at radius 2 is 1.89 bits per heavy atom. The average molecular weight is 483 g/mol. The largest absolute Gasteiger partial charge is 0.456 e. The van der Waals surface area contributed by atoms with Crippen molar-refractivity contribution < 1.29 is 9.53 Å². The van der Waals surface area contributed by atoms with Gasteiger partial charge in [0.15, 0.2) is 5.82 Å². The molecular weight excluding hydrogens is 456 g/mol. The second-order valence-electron chi connectivity index (χ2n) is 8.51. The van der Waals surface area contributed by atoms with Crippen molar-refractivity contribution >= 4 is 17.6 Å². The number of pyridine rings is 2. The molecule has 0 saturated carbocycles. The molecule has 1 aliphatic heterocycles. The van der Waals surface area contributed by atoms with Crippen LogP contribution in [0.5, 0.6) is 0 Å². The van der Waals surface area contributed by atoms with E-state index in [0.29, 0.717) is 47.6 Å². The monoisotopic (exact) mass is 482 g/mol. The second kappa shape index (κ2) is 11.0. The molecule has 10 heteroatoms. The lowest BCUT2D eigenvalue weighted by Gasteiger charge is -2.22. The van der Waals surface area contributed by atoms with Gasteiger partial charge in [-0.1, -0.05) is 12.1 Å². The van der Waals surface area contributed by atoms with E-state index in [1.165, 1.54) is 0 Å². The van der Waals surface area contributed by atoms with Crippen molar-refractivity contribution in [3.05, 3.63) is 83.8 Å². The average Bonchev–Trinajstić information content (AvgIpc) is 2.90. The highest BCUT2D eigenvalue weighted by atomic mass is 16.5. The lowest BCUT2D eigenvalue weighted by atomic mass is 10.1. The van der Waals surface area contributed by atoms with Crippen molar-refractivity contribution in [3.8, 4) is 11.5 Å². The van der Waals surface area contributed by atoms with E-state index in [9.17, 15) is 4.79 Å². The molecule has 0 unspecified atom stereocenters. The van der Waals surface area contributed by atoms with E-state index >= 15 is 0 Å². The summed E-state index contributed by atoms with van der Waals surface area (Å²) < 4.78 is 5.54. The number of hydrogen-bond donors (Lipinski definition) is 2. The molecule has 0 bridgehead atoms. The second-order valence-corrected chi connectivity index (χ2v) is 8.51. The van der Waals surface area contributed by atoms with Gasteiger partial charge >= 0.3 is 5.97 Å². The summed E-state index contributed by atoms with van der Waals surface area (Å²) in [6, 6.07) is 12.8. The highest BCUT2D eigenvalue weighted by molar-refractivity contribution is 5.87. The fourth-order valence-corrected chi connectivity index (χ4v) is 3.87. The van der Waals surface area contributed by atoms with E-state index in [4.69, 9.17) is 4.74 Å². The van der Waals surface area contributed by atoms with E-state index in [0.717, 1.165) is 30.6 Å². The predicted molar refractivity (Wildman–Crippen MR) is 134 cm³/mol. The van der Waals surface area contributed by atoms with Crippen LogP contribution in [0, 0.1) is 6.92 Å². The van der Waals surface area contributed by atoms with E-state index < -0.39 is 5.97 Å². The van der Waals surface area contributed by atoms with Crippen LogP contribution in [-0.4, -0.2) is 55.1 Å². The van der Waals surface area contributed by atoms with Gasteiger partial charge in [-0.05, 0) is 62.2 Å². The van der Waals surface area contributed by atoms with Gasteiger partial charge in [0.2, 0.25) is 0 Å². The molecule has 0 spiro atoms. The maximum atomic E-state index is 12.4. The van der Waals surface area contributed by atoms with Gasteiger partial charge in [0.05, 0.1) is 0 Å². The van der Waals surface area contributed by atoms with Crippen LogP contribution in [0.3, 0.4) is 0 Å². The Kier molecular flexibility index (Phi) is 7.13. The first-order chi connectivity index (χ1) is 17.6. The van der Waals surface area contributed by atoms with Gasteiger partial charge in [-0.15, -0.1) is 0 Å². The van der Waals surface area contributed by atoms with Crippen LogP contribution in [0.25, 0.3) is 11.5 Å². The van der Waals surface area contributed by atoms with Gasteiger partial charge in [-0.2, -0.15) is 0 Å². The Bertz CT molecular complexity index is 1340. The molecule has 4 aromatic heterocycles. The zero-order chi connectivity index (χ0) is 24.7. The smallest absolute Gasteiger partial charge is 0.357 e. The first-order valence-electron chi connectivity index (χ1n) is 11.8. The molecule has 5 heterocycles. The highest BCUT2D eigenvalue weighted by Crippen LogP contribution is 2.17. The maximum Gasteiger partial charge on any atom is 0.357 e. The van der Waals surface area contributed by atoms with E-state index in [2.05, 4.69) is 40.5 Å². The van der Waals surface area contributed by atoms with Crippen LogP contribution in [0.15, 0.2) is 61.1 Å². The van der Waals surface area contributed by atoms with Gasteiger partial charge in [0, 0.05) is 37.3 Å². The number of esters is 1. The summed E-state index contributed by atoms with van der Waals surface area (Å²) >= 11 is 0. The molecular formula is C26H26N8O2. The number of nitrogens with zero attached hydrogens (tertiary/aromatic N) is 6. The number of ether oxygens (including phenoxy) is 1. The summed E-state index contributed by atoms with van der Waals surface area (Å²) in [5.41, 5.74) is 2.79. The number of carbonyl (C=O) groups excluding carboxylic acids is 1. The number of hydrogen-bond acceptors (Lipinski definition) is 10. The number of aromatic nitrogens is 6. The van der Waals surface area contributed by atoms with E-state index in [1.807, 2.05) is 31.2 Å². The lowest BCUT2D eigenvalue weighted by molar-refractivity contribution is 0.0238. The minimum Gasteiger partial charge on any atom is -0.456 e. The molecule has 0 radical (unpaired) electrons. The Morgan fingerprint density at radius 3 is 2.67 bits per heavy atom. The highest BCUT2D eigenvalue weighted by Gasteiger charge is 2.19. The van der Waals surface area contributed by atoms with Crippen LogP contribution in [0.1, 0.15) is 40.4 Å². The fraction of sp³-hybridized carbons (Fsp3) is 0.269. The molecule has 4 aromatic rings. The topological polar surface area (TPSA) is 128 Å². The number of piperidine rings is 1. The van der Waals surface area contributed by atoms with Crippen LogP contribution >= 0.6 is 0 Å². The van der Waals surface area contributed by atoms with Crippen LogP contribution < -0.4 is 10.6 Å². The third-order valence-corrected chi connectivity index (χ3v) is 5.66. The minimum absolute atomic E-state index is 0.101. The van der Waals surface area contributed by atoms with Gasteiger partial charge < -0.3 is 15.4 Å². The van der Waals surface area contributed by atoms with Crippen LogP contribution in [0.4, 0.5) is 11.6 Å². The van der Waals surface area contributed by atoms with Crippen molar-refractivity contribution in [1.82, 2.24) is 35.2 Å². The lowest BCUT2D eigenvalue weighted by Crippen LogP contribution is -2.36. The SMILES string of the molecule is Cc1cccc(-c2nccc(Nc3ccnc(Cc4ccc(C(=O)O[C@H]5CCCNC5)nc4)n3)n2)n1. The van der Waals surface area contributed by atoms with Crippen molar-refractivity contribution in [2.75, 3.05) is 18.4 Å². The van der Waals surface area contributed by atoms with Crippen LogP contribution in [0.2, 0.25) is 0 Å². The normalized spacial score (nSPS) is 15.3. The molecule has 36 heavy (non-hydrogen) atoms. The van der Waals surface area contributed by atoms with Gasteiger partial charge in [0.25, 0.3) is 0 Å². The van der Waals surface area contributed by atoms with Crippen molar-refractivity contribution in [2.24, 2.45) is 0 Å². The van der Waals surface area contributed by atoms with Crippen molar-refractivity contribution in [1.29, 1.82) is 0 Å². The molecule has 0 aromatic carbocycles. The molecule has 5 rings (SSSR count). The molecule has 1 aliphatic rings. The summed E-state index contributed by atoms with van der Waals surface area (Å²) in [7, 11) is 0. The van der Waals surface area contributed by atoms with E-state index in [1.54, 1.807) is 36.8 Å². The Hall–Kier alpha value is -4.31. The molecule has 0 amide bonds. The summed E-state index contributed by atoms with van der Waals surface area (Å²) in [5, 5.41) is 6.44. The first kappa shape index (κ1) is 23.4. The number of carbonyl (C=O) groups is 1. The van der Waals surface area contributed by atoms with Gasteiger partial charge in [-0.3, -0.25) is 0 Å².